The van der Waals surface area contributed by atoms with Crippen LogP contribution in [0.1, 0.15) is 0 Å². The molecule has 8 heteroatoms. The molecule has 0 unspecified atom stereocenters. The Bertz CT molecular complexity index is 818. The maximum Gasteiger partial charge on any atom is 0.310 e. The molecule has 0 radical (unpaired) electrons. The summed E-state index contributed by atoms with van der Waals surface area (Å²) in [5, 5.41) is 11.5. The minimum absolute atomic E-state index is 0.0680. The van der Waals surface area contributed by atoms with Gasteiger partial charge in [-0.1, -0.05) is 11.6 Å². The van der Waals surface area contributed by atoms with Crippen molar-refractivity contribution in [2.75, 3.05) is 19.0 Å². The second kappa shape index (κ2) is 5.76. The molecule has 0 spiro atoms. The maximum absolute atomic E-state index is 14.0. The van der Waals surface area contributed by atoms with Crippen molar-refractivity contribution in [2.45, 2.75) is 0 Å². The highest BCUT2D eigenvalue weighted by atomic mass is 35.5. The van der Waals surface area contributed by atoms with Crippen LogP contribution in [0, 0.1) is 15.9 Å². The van der Waals surface area contributed by atoms with Gasteiger partial charge in [0.25, 0.3) is 5.56 Å². The Morgan fingerprint density at radius 3 is 2.45 bits per heavy atom. The Kier molecular flexibility index (Phi) is 4.18. The zero-order valence-electron chi connectivity index (χ0n) is 12.1. The van der Waals surface area contributed by atoms with Crippen LogP contribution in [-0.4, -0.2) is 23.6 Å². The number of pyridine rings is 1. The van der Waals surface area contributed by atoms with E-state index in [9.17, 15) is 19.3 Å². The highest BCUT2D eigenvalue weighted by Gasteiger charge is 2.24. The fourth-order valence-corrected chi connectivity index (χ4v) is 2.44. The number of rotatable bonds is 3. The van der Waals surface area contributed by atoms with Gasteiger partial charge in [0.15, 0.2) is 5.82 Å². The molecule has 1 heterocycles. The van der Waals surface area contributed by atoms with Crippen molar-refractivity contribution < 1.29 is 9.31 Å². The monoisotopic (exact) mass is 325 g/mol. The molecule has 1 aromatic heterocycles. The van der Waals surface area contributed by atoms with Crippen molar-refractivity contribution in [3.05, 3.63) is 55.6 Å². The zero-order valence-corrected chi connectivity index (χ0v) is 12.9. The highest BCUT2D eigenvalue weighted by molar-refractivity contribution is 6.30. The fraction of sp³-hybridized carbons (Fsp3) is 0.214. The van der Waals surface area contributed by atoms with Crippen LogP contribution in [0.5, 0.6) is 0 Å². The van der Waals surface area contributed by atoms with E-state index in [1.165, 1.54) is 24.1 Å². The van der Waals surface area contributed by atoms with E-state index in [4.69, 9.17) is 11.6 Å². The van der Waals surface area contributed by atoms with E-state index < -0.39 is 16.3 Å². The summed E-state index contributed by atoms with van der Waals surface area (Å²) in [6, 6.07) is 4.80. The molecule has 0 amide bonds. The van der Waals surface area contributed by atoms with Gasteiger partial charge in [-0.15, -0.1) is 0 Å². The largest absolute Gasteiger partial charge is 0.358 e. The van der Waals surface area contributed by atoms with Gasteiger partial charge in [0, 0.05) is 37.8 Å². The van der Waals surface area contributed by atoms with E-state index in [1.54, 1.807) is 14.1 Å². The standard InChI is InChI=1S/C14H13ClFN3O3/c1-17(2)13-12(19(21)22)7-10(14(20)18(13)3)9-6-8(15)4-5-11(9)16/h4-7H,1-3H3. The molecule has 0 N–H and O–H groups in total. The van der Waals surface area contributed by atoms with Crippen molar-refractivity contribution in [1.82, 2.24) is 4.57 Å². The lowest BCUT2D eigenvalue weighted by Gasteiger charge is -2.17. The van der Waals surface area contributed by atoms with Crippen LogP contribution in [0.15, 0.2) is 29.1 Å². The second-order valence-electron chi connectivity index (χ2n) is 4.91. The third kappa shape index (κ3) is 2.67. The molecule has 22 heavy (non-hydrogen) atoms. The Labute approximate surface area is 130 Å². The SMILES string of the molecule is CN(C)c1c([N+](=O)[O-])cc(-c2cc(Cl)ccc2F)c(=O)n1C. The number of halogens is 2. The van der Waals surface area contributed by atoms with Gasteiger partial charge in [-0.3, -0.25) is 19.5 Å². The summed E-state index contributed by atoms with van der Waals surface area (Å²) in [5.41, 5.74) is -1.02. The normalized spacial score (nSPS) is 10.6. The van der Waals surface area contributed by atoms with Gasteiger partial charge in [0.1, 0.15) is 5.82 Å². The van der Waals surface area contributed by atoms with Gasteiger partial charge in [0.2, 0.25) is 0 Å². The van der Waals surface area contributed by atoms with Crippen molar-refractivity contribution in [3.8, 4) is 11.1 Å². The molecule has 0 aliphatic carbocycles. The van der Waals surface area contributed by atoms with Crippen molar-refractivity contribution >= 4 is 23.1 Å². The zero-order chi connectivity index (χ0) is 16.6. The lowest BCUT2D eigenvalue weighted by Crippen LogP contribution is -2.27. The van der Waals surface area contributed by atoms with E-state index in [-0.39, 0.29) is 27.7 Å². The summed E-state index contributed by atoms with van der Waals surface area (Å²) in [5.74, 6) is -0.547. The number of hydrogen-bond donors (Lipinski definition) is 0. The highest BCUT2D eigenvalue weighted by Crippen LogP contribution is 2.31. The molecule has 0 fully saturated rings. The van der Waals surface area contributed by atoms with E-state index in [0.717, 1.165) is 16.7 Å². The number of benzene rings is 1. The first-order valence-electron chi connectivity index (χ1n) is 6.25. The van der Waals surface area contributed by atoms with Crippen molar-refractivity contribution in [3.63, 3.8) is 0 Å². The molecule has 2 aromatic rings. The van der Waals surface area contributed by atoms with Crippen LogP contribution in [-0.2, 0) is 7.05 Å². The first kappa shape index (κ1) is 16.0. The fourth-order valence-electron chi connectivity index (χ4n) is 2.27. The van der Waals surface area contributed by atoms with Crippen LogP contribution in [0.4, 0.5) is 15.9 Å². The molecule has 0 aliphatic rings. The molecule has 0 atom stereocenters. The third-order valence-corrected chi connectivity index (χ3v) is 3.44. The third-order valence-electron chi connectivity index (χ3n) is 3.20. The minimum Gasteiger partial charge on any atom is -0.358 e. The first-order valence-corrected chi connectivity index (χ1v) is 6.63. The number of nitrogens with zero attached hydrogens (tertiary/aromatic N) is 3. The Morgan fingerprint density at radius 2 is 1.91 bits per heavy atom. The van der Waals surface area contributed by atoms with E-state index in [2.05, 4.69) is 0 Å². The van der Waals surface area contributed by atoms with Crippen LogP contribution >= 0.6 is 11.6 Å². The average Bonchev–Trinajstić information content (AvgIpc) is 2.43. The van der Waals surface area contributed by atoms with Crippen LogP contribution in [0.25, 0.3) is 11.1 Å². The number of hydrogen-bond acceptors (Lipinski definition) is 4. The molecular formula is C14H13ClFN3O3. The van der Waals surface area contributed by atoms with Crippen molar-refractivity contribution in [1.29, 1.82) is 0 Å². The number of anilines is 1. The Morgan fingerprint density at radius 1 is 1.27 bits per heavy atom. The smallest absolute Gasteiger partial charge is 0.310 e. The molecule has 116 valence electrons. The summed E-state index contributed by atoms with van der Waals surface area (Å²) in [6.45, 7) is 0. The quantitative estimate of drug-likeness (QED) is 0.643. The summed E-state index contributed by atoms with van der Waals surface area (Å²) >= 11 is 5.83. The molecular weight excluding hydrogens is 313 g/mol. The van der Waals surface area contributed by atoms with Crippen LogP contribution in [0.2, 0.25) is 5.02 Å². The van der Waals surface area contributed by atoms with E-state index in [1.807, 2.05) is 0 Å². The average molecular weight is 326 g/mol. The Balaban J connectivity index is 2.87. The molecule has 2 rings (SSSR count). The van der Waals surface area contributed by atoms with Gasteiger partial charge >= 0.3 is 5.69 Å². The molecule has 0 aliphatic heterocycles. The van der Waals surface area contributed by atoms with E-state index in [0.29, 0.717) is 0 Å². The number of nitro groups is 1. The van der Waals surface area contributed by atoms with Crippen LogP contribution < -0.4 is 10.5 Å². The lowest BCUT2D eigenvalue weighted by molar-refractivity contribution is -0.384. The summed E-state index contributed by atoms with van der Waals surface area (Å²) in [7, 11) is 4.57. The van der Waals surface area contributed by atoms with Gasteiger partial charge in [-0.2, -0.15) is 0 Å². The van der Waals surface area contributed by atoms with E-state index >= 15 is 0 Å². The van der Waals surface area contributed by atoms with Crippen molar-refractivity contribution in [2.24, 2.45) is 7.05 Å². The Hall–Kier alpha value is -2.41. The molecule has 0 saturated carbocycles. The minimum atomic E-state index is -0.673. The number of aromatic nitrogens is 1. The predicted molar refractivity (Wildman–Crippen MR) is 83.1 cm³/mol. The summed E-state index contributed by atoms with van der Waals surface area (Å²) in [6.07, 6.45) is 0. The molecule has 6 nitrogen and oxygen atoms in total. The predicted octanol–water partition coefficient (Wildman–Crippen LogP) is 2.82. The van der Waals surface area contributed by atoms with Crippen LogP contribution in [0.3, 0.4) is 0 Å². The van der Waals surface area contributed by atoms with Gasteiger partial charge in [-0.25, -0.2) is 4.39 Å². The van der Waals surface area contributed by atoms with Gasteiger partial charge < -0.3 is 4.90 Å². The molecule has 0 saturated heterocycles. The molecule has 1 aromatic carbocycles. The summed E-state index contributed by atoms with van der Waals surface area (Å²) < 4.78 is 15.1. The topological polar surface area (TPSA) is 68.4 Å². The second-order valence-corrected chi connectivity index (χ2v) is 5.34. The first-order chi connectivity index (χ1) is 10.2. The lowest BCUT2D eigenvalue weighted by atomic mass is 10.1. The summed E-state index contributed by atoms with van der Waals surface area (Å²) in [4.78, 5) is 24.6. The maximum atomic E-state index is 14.0. The molecule has 0 bridgehead atoms. The van der Waals surface area contributed by atoms with Gasteiger partial charge in [-0.05, 0) is 18.2 Å². The van der Waals surface area contributed by atoms with Gasteiger partial charge in [0.05, 0.1) is 10.5 Å².